The van der Waals surface area contributed by atoms with Gasteiger partial charge in [0.25, 0.3) is 5.91 Å². The Morgan fingerprint density at radius 3 is 2.28 bits per heavy atom. The van der Waals surface area contributed by atoms with Crippen molar-refractivity contribution in [2.45, 2.75) is 25.8 Å². The molecule has 0 aliphatic heterocycles. The summed E-state index contributed by atoms with van der Waals surface area (Å²) in [7, 11) is 0. The number of carbonyl (C=O) groups is 2. The summed E-state index contributed by atoms with van der Waals surface area (Å²) >= 11 is 6.80. The van der Waals surface area contributed by atoms with E-state index in [-0.39, 0.29) is 23.8 Å². The van der Waals surface area contributed by atoms with Gasteiger partial charge in [0.2, 0.25) is 0 Å². The van der Waals surface area contributed by atoms with E-state index in [0.717, 1.165) is 5.56 Å². The zero-order valence-electron chi connectivity index (χ0n) is 17.1. The van der Waals surface area contributed by atoms with E-state index in [4.69, 9.17) is 9.84 Å². The molecule has 3 rings (SSSR count). The van der Waals surface area contributed by atoms with Gasteiger partial charge < -0.3 is 20.3 Å². The molecule has 0 saturated heterocycles. The molecule has 0 aliphatic rings. The summed E-state index contributed by atoms with van der Waals surface area (Å²) in [5.41, 5.74) is 1.66. The van der Waals surface area contributed by atoms with E-state index < -0.39 is 11.9 Å². The van der Waals surface area contributed by atoms with Crippen LogP contribution in [0.25, 0.3) is 0 Å². The molecule has 0 saturated carbocycles. The van der Waals surface area contributed by atoms with Crippen LogP contribution in [0.3, 0.4) is 0 Å². The predicted molar refractivity (Wildman–Crippen MR) is 128 cm³/mol. The first-order valence-electron chi connectivity index (χ1n) is 9.84. The minimum Gasteiger partial charge on any atom is -0.507 e. The Labute approximate surface area is 202 Å². The van der Waals surface area contributed by atoms with E-state index in [1.165, 1.54) is 12.1 Å². The van der Waals surface area contributed by atoms with E-state index >= 15 is 0 Å². The van der Waals surface area contributed by atoms with Crippen LogP contribution in [0, 0.1) is 0 Å². The lowest BCUT2D eigenvalue weighted by Gasteiger charge is -2.18. The zero-order chi connectivity index (χ0) is 23.3. The molecule has 0 heterocycles. The van der Waals surface area contributed by atoms with Gasteiger partial charge in [-0.2, -0.15) is 0 Å². The van der Waals surface area contributed by atoms with Crippen LogP contribution in [0.5, 0.6) is 17.2 Å². The lowest BCUT2D eigenvalue weighted by Crippen LogP contribution is -2.28. The molecule has 32 heavy (non-hydrogen) atoms. The number of ether oxygens (including phenoxy) is 1. The Kier molecular flexibility index (Phi) is 7.93. The van der Waals surface area contributed by atoms with Crippen molar-refractivity contribution in [3.8, 4) is 17.2 Å². The predicted octanol–water partition coefficient (Wildman–Crippen LogP) is 6.22. The second-order valence-corrected chi connectivity index (χ2v) is 8.79. The molecule has 3 aromatic rings. The van der Waals surface area contributed by atoms with Gasteiger partial charge in [0, 0.05) is 0 Å². The summed E-state index contributed by atoms with van der Waals surface area (Å²) in [5.74, 6) is -0.751. The van der Waals surface area contributed by atoms with Crippen molar-refractivity contribution >= 4 is 43.7 Å². The standard InChI is InChI=1S/C24H21Br2NO5/c1-2-20(15-6-4-3-5-7-15)27-24(31)17-13-16(8-9-21(17)28)32-23-18(25)10-14(11-19(23)26)12-22(29)30/h3-11,13,20,28H,2,12H2,1H3,(H,27,31)(H,29,30)/t20-/m0/s1. The fourth-order valence-corrected chi connectivity index (χ4v) is 4.65. The Bertz CT molecular complexity index is 1110. The third-order valence-electron chi connectivity index (χ3n) is 4.76. The molecule has 8 heteroatoms. The van der Waals surface area contributed by atoms with Gasteiger partial charge in [0.1, 0.15) is 11.5 Å². The normalized spacial score (nSPS) is 11.6. The van der Waals surface area contributed by atoms with Gasteiger partial charge in [0.05, 0.1) is 27.0 Å². The summed E-state index contributed by atoms with van der Waals surface area (Å²) in [4.78, 5) is 23.9. The third kappa shape index (κ3) is 5.89. The molecule has 0 aliphatic carbocycles. The molecule has 0 fully saturated rings. The first kappa shape index (κ1) is 23.8. The molecule has 1 amide bonds. The number of nitrogens with one attached hydrogen (secondary N) is 1. The minimum absolute atomic E-state index is 0.0895. The van der Waals surface area contributed by atoms with Crippen molar-refractivity contribution in [2.75, 3.05) is 0 Å². The second-order valence-electron chi connectivity index (χ2n) is 7.09. The van der Waals surface area contributed by atoms with Crippen LogP contribution < -0.4 is 10.1 Å². The summed E-state index contributed by atoms with van der Waals surface area (Å²) in [6.07, 6.45) is 0.566. The third-order valence-corrected chi connectivity index (χ3v) is 5.94. The van der Waals surface area contributed by atoms with Crippen LogP contribution in [0.4, 0.5) is 0 Å². The summed E-state index contributed by atoms with van der Waals surface area (Å²) < 4.78 is 7.04. The molecule has 3 N–H and O–H groups in total. The maximum Gasteiger partial charge on any atom is 0.307 e. The monoisotopic (exact) mass is 561 g/mol. The number of hydrogen-bond donors (Lipinski definition) is 3. The summed E-state index contributed by atoms with van der Waals surface area (Å²) in [6, 6.07) is 17.1. The van der Waals surface area contributed by atoms with Gasteiger partial charge >= 0.3 is 5.97 Å². The number of aromatic hydroxyl groups is 1. The van der Waals surface area contributed by atoms with E-state index in [0.29, 0.717) is 32.4 Å². The topological polar surface area (TPSA) is 95.9 Å². The number of phenols is 1. The quantitative estimate of drug-likeness (QED) is 0.303. The Hall–Kier alpha value is -2.84. The molecule has 6 nitrogen and oxygen atoms in total. The van der Waals surface area contributed by atoms with Gasteiger partial charge in [-0.25, -0.2) is 0 Å². The SMILES string of the molecule is CC[C@H](NC(=O)c1cc(Oc2c(Br)cc(CC(=O)O)cc2Br)ccc1O)c1ccccc1. The zero-order valence-corrected chi connectivity index (χ0v) is 20.3. The van der Waals surface area contributed by atoms with E-state index in [1.807, 2.05) is 37.3 Å². The van der Waals surface area contributed by atoms with E-state index in [1.54, 1.807) is 18.2 Å². The molecule has 0 aromatic heterocycles. The van der Waals surface area contributed by atoms with Crippen molar-refractivity contribution in [3.05, 3.63) is 86.3 Å². The van der Waals surface area contributed by atoms with Crippen molar-refractivity contribution in [3.63, 3.8) is 0 Å². The summed E-state index contributed by atoms with van der Waals surface area (Å²) in [5, 5.41) is 22.2. The van der Waals surface area contributed by atoms with Gasteiger partial charge in [-0.3, -0.25) is 9.59 Å². The van der Waals surface area contributed by atoms with Crippen molar-refractivity contribution < 1.29 is 24.5 Å². The molecule has 0 bridgehead atoms. The number of aliphatic carboxylic acids is 1. The number of carbonyl (C=O) groups excluding carboxylic acids is 1. The Morgan fingerprint density at radius 2 is 1.69 bits per heavy atom. The largest absolute Gasteiger partial charge is 0.507 e. The van der Waals surface area contributed by atoms with Crippen LogP contribution in [-0.2, 0) is 11.2 Å². The minimum atomic E-state index is -0.937. The van der Waals surface area contributed by atoms with Crippen LogP contribution >= 0.6 is 31.9 Å². The fourth-order valence-electron chi connectivity index (χ4n) is 3.21. The molecular formula is C24H21Br2NO5. The molecule has 0 unspecified atom stereocenters. The van der Waals surface area contributed by atoms with E-state index in [2.05, 4.69) is 37.2 Å². The van der Waals surface area contributed by atoms with Crippen molar-refractivity contribution in [1.82, 2.24) is 5.32 Å². The highest BCUT2D eigenvalue weighted by molar-refractivity contribution is 9.11. The van der Waals surface area contributed by atoms with Gasteiger partial charge in [-0.05, 0) is 79.7 Å². The first-order valence-corrected chi connectivity index (χ1v) is 11.4. The average molecular weight is 563 g/mol. The molecule has 166 valence electrons. The summed E-state index contributed by atoms with van der Waals surface area (Å²) in [6.45, 7) is 1.97. The van der Waals surface area contributed by atoms with Crippen LogP contribution in [0.2, 0.25) is 0 Å². The molecule has 0 radical (unpaired) electrons. The number of rotatable bonds is 8. The highest BCUT2D eigenvalue weighted by Gasteiger charge is 2.19. The van der Waals surface area contributed by atoms with Crippen molar-refractivity contribution in [1.29, 1.82) is 0 Å². The second kappa shape index (κ2) is 10.7. The highest BCUT2D eigenvalue weighted by Crippen LogP contribution is 2.39. The van der Waals surface area contributed by atoms with Gasteiger partial charge in [-0.1, -0.05) is 37.3 Å². The van der Waals surface area contributed by atoms with Gasteiger partial charge in [0.15, 0.2) is 5.75 Å². The average Bonchev–Trinajstić information content (AvgIpc) is 2.75. The Balaban J connectivity index is 1.83. The number of amides is 1. The molecular weight excluding hydrogens is 542 g/mol. The lowest BCUT2D eigenvalue weighted by molar-refractivity contribution is -0.136. The number of carboxylic acid groups (broad SMARTS) is 1. The van der Waals surface area contributed by atoms with Crippen molar-refractivity contribution in [2.24, 2.45) is 0 Å². The lowest BCUT2D eigenvalue weighted by atomic mass is 10.0. The highest BCUT2D eigenvalue weighted by atomic mass is 79.9. The fraction of sp³-hybridized carbons (Fsp3) is 0.167. The number of benzene rings is 3. The molecule has 0 spiro atoms. The maximum atomic E-state index is 12.9. The number of phenolic OH excluding ortho intramolecular Hbond substituents is 1. The van der Waals surface area contributed by atoms with Crippen LogP contribution in [-0.4, -0.2) is 22.1 Å². The number of carboxylic acids is 1. The van der Waals surface area contributed by atoms with Crippen LogP contribution in [0.1, 0.15) is 40.9 Å². The molecule has 3 aromatic carbocycles. The maximum absolute atomic E-state index is 12.9. The van der Waals surface area contributed by atoms with Crippen LogP contribution in [0.15, 0.2) is 69.6 Å². The Morgan fingerprint density at radius 1 is 1.03 bits per heavy atom. The van der Waals surface area contributed by atoms with E-state index in [9.17, 15) is 14.7 Å². The first-order chi connectivity index (χ1) is 15.3. The number of halogens is 2. The smallest absolute Gasteiger partial charge is 0.307 e. The molecule has 1 atom stereocenters. The number of hydrogen-bond acceptors (Lipinski definition) is 4. The van der Waals surface area contributed by atoms with Gasteiger partial charge in [-0.15, -0.1) is 0 Å².